The van der Waals surface area contributed by atoms with Gasteiger partial charge in [0.1, 0.15) is 5.00 Å². The topological polar surface area (TPSA) is 77.5 Å². The number of nitrogens with zero attached hydrogens (tertiary/aromatic N) is 2. The average molecular weight is 346 g/mol. The standard InChI is InChI=1S/C17H22N4O2S/c22-15-6-9-21(10-7-15)12-14-4-2-1-3-13(14)11-18-17(23)20-16-5-8-19-24-16/h1-5,8,15,22H,6-7,9-12H2,(H2,18,20,23). The molecule has 1 aromatic carbocycles. The highest BCUT2D eigenvalue weighted by atomic mass is 32.1. The molecule has 6 nitrogen and oxygen atoms in total. The molecule has 0 aliphatic carbocycles. The third-order valence-corrected chi connectivity index (χ3v) is 4.85. The van der Waals surface area contributed by atoms with Gasteiger partial charge in [-0.1, -0.05) is 24.3 Å². The highest BCUT2D eigenvalue weighted by Gasteiger charge is 2.17. The van der Waals surface area contributed by atoms with E-state index in [1.807, 2.05) is 18.2 Å². The van der Waals surface area contributed by atoms with Crippen LogP contribution in [0.2, 0.25) is 0 Å². The zero-order valence-corrected chi connectivity index (χ0v) is 14.3. The summed E-state index contributed by atoms with van der Waals surface area (Å²) >= 11 is 1.25. The fraction of sp³-hybridized carbons (Fsp3) is 0.412. The molecule has 0 unspecified atom stereocenters. The van der Waals surface area contributed by atoms with E-state index in [-0.39, 0.29) is 12.1 Å². The van der Waals surface area contributed by atoms with Crippen molar-refractivity contribution in [1.29, 1.82) is 0 Å². The first-order valence-electron chi connectivity index (χ1n) is 8.13. The summed E-state index contributed by atoms with van der Waals surface area (Å²) in [5.41, 5.74) is 2.33. The summed E-state index contributed by atoms with van der Waals surface area (Å²) in [5, 5.41) is 16.0. The number of hydrogen-bond donors (Lipinski definition) is 3. The lowest BCUT2D eigenvalue weighted by Crippen LogP contribution is -2.35. The largest absolute Gasteiger partial charge is 0.393 e. The van der Waals surface area contributed by atoms with Crippen molar-refractivity contribution in [3.63, 3.8) is 0 Å². The minimum absolute atomic E-state index is 0.159. The van der Waals surface area contributed by atoms with Crippen molar-refractivity contribution in [1.82, 2.24) is 14.6 Å². The Balaban J connectivity index is 1.54. The number of aromatic nitrogens is 1. The highest BCUT2D eigenvalue weighted by molar-refractivity contribution is 7.10. The van der Waals surface area contributed by atoms with Crippen LogP contribution >= 0.6 is 11.5 Å². The van der Waals surface area contributed by atoms with E-state index >= 15 is 0 Å². The van der Waals surface area contributed by atoms with Crippen molar-refractivity contribution < 1.29 is 9.90 Å². The number of carbonyl (C=O) groups excluding carboxylic acids is 1. The lowest BCUT2D eigenvalue weighted by atomic mass is 10.0. The van der Waals surface area contributed by atoms with Crippen molar-refractivity contribution in [2.75, 3.05) is 18.4 Å². The molecule has 0 atom stereocenters. The second-order valence-corrected chi connectivity index (χ2v) is 6.79. The summed E-state index contributed by atoms with van der Waals surface area (Å²) in [6.07, 6.45) is 3.16. The van der Waals surface area contributed by atoms with E-state index in [1.165, 1.54) is 17.1 Å². The first-order valence-corrected chi connectivity index (χ1v) is 8.91. The van der Waals surface area contributed by atoms with Gasteiger partial charge in [-0.25, -0.2) is 4.79 Å². The Morgan fingerprint density at radius 1 is 1.25 bits per heavy atom. The number of nitrogens with one attached hydrogen (secondary N) is 2. The molecule has 2 aromatic rings. The van der Waals surface area contributed by atoms with Crippen molar-refractivity contribution in [2.24, 2.45) is 0 Å². The van der Waals surface area contributed by atoms with Crippen LogP contribution in [-0.2, 0) is 13.1 Å². The second kappa shape index (κ2) is 8.23. The number of aliphatic hydroxyl groups is 1. The van der Waals surface area contributed by atoms with E-state index in [1.54, 1.807) is 12.3 Å². The number of hydrogen-bond acceptors (Lipinski definition) is 5. The molecule has 24 heavy (non-hydrogen) atoms. The van der Waals surface area contributed by atoms with Gasteiger partial charge in [-0.2, -0.15) is 4.37 Å². The number of carbonyl (C=O) groups is 1. The quantitative estimate of drug-likeness (QED) is 0.777. The van der Waals surface area contributed by atoms with Gasteiger partial charge in [0.25, 0.3) is 0 Å². The maximum atomic E-state index is 11.9. The third kappa shape index (κ3) is 4.77. The molecule has 0 radical (unpaired) electrons. The van der Waals surface area contributed by atoms with Crippen LogP contribution in [0.5, 0.6) is 0 Å². The van der Waals surface area contributed by atoms with Crippen LogP contribution in [0.25, 0.3) is 0 Å². The molecule has 7 heteroatoms. The molecule has 0 saturated carbocycles. The van der Waals surface area contributed by atoms with E-state index < -0.39 is 0 Å². The summed E-state index contributed by atoms with van der Waals surface area (Å²) in [6.45, 7) is 3.15. The Bertz CT molecular complexity index is 654. The predicted octanol–water partition coefficient (Wildman–Crippen LogP) is 2.42. The Hall–Kier alpha value is -1.96. The predicted molar refractivity (Wildman–Crippen MR) is 94.9 cm³/mol. The monoisotopic (exact) mass is 346 g/mol. The van der Waals surface area contributed by atoms with Crippen LogP contribution in [-0.4, -0.2) is 39.6 Å². The Labute approximate surface area is 145 Å². The van der Waals surface area contributed by atoms with Gasteiger partial charge in [0.15, 0.2) is 0 Å². The van der Waals surface area contributed by atoms with Gasteiger partial charge in [0.2, 0.25) is 0 Å². The third-order valence-electron chi connectivity index (χ3n) is 4.18. The molecular formula is C17H22N4O2S. The molecular weight excluding hydrogens is 324 g/mol. The number of aliphatic hydroxyl groups excluding tert-OH is 1. The molecule has 1 aromatic heterocycles. The number of piperidine rings is 1. The summed E-state index contributed by atoms with van der Waals surface area (Å²) in [4.78, 5) is 14.3. The van der Waals surface area contributed by atoms with Crippen LogP contribution < -0.4 is 10.6 Å². The molecule has 0 spiro atoms. The van der Waals surface area contributed by atoms with E-state index in [4.69, 9.17) is 0 Å². The van der Waals surface area contributed by atoms with Crippen LogP contribution in [0, 0.1) is 0 Å². The zero-order chi connectivity index (χ0) is 16.8. The Morgan fingerprint density at radius 3 is 2.71 bits per heavy atom. The molecule has 0 bridgehead atoms. The minimum Gasteiger partial charge on any atom is -0.393 e. The van der Waals surface area contributed by atoms with Gasteiger partial charge < -0.3 is 10.4 Å². The highest BCUT2D eigenvalue weighted by Crippen LogP contribution is 2.17. The van der Waals surface area contributed by atoms with E-state index in [9.17, 15) is 9.90 Å². The normalized spacial score (nSPS) is 16.0. The minimum atomic E-state index is -0.227. The molecule has 3 N–H and O–H groups in total. The molecule has 2 heterocycles. The second-order valence-electron chi connectivity index (χ2n) is 5.96. The van der Waals surface area contributed by atoms with Crippen LogP contribution in [0.1, 0.15) is 24.0 Å². The Morgan fingerprint density at radius 2 is 2.00 bits per heavy atom. The number of benzene rings is 1. The van der Waals surface area contributed by atoms with Gasteiger partial charge in [-0.05, 0) is 41.6 Å². The van der Waals surface area contributed by atoms with Crippen LogP contribution in [0.3, 0.4) is 0 Å². The maximum absolute atomic E-state index is 11.9. The first-order chi connectivity index (χ1) is 11.7. The summed E-state index contributed by atoms with van der Waals surface area (Å²) < 4.78 is 3.95. The maximum Gasteiger partial charge on any atom is 0.320 e. The fourth-order valence-electron chi connectivity index (χ4n) is 2.81. The van der Waals surface area contributed by atoms with E-state index in [0.717, 1.165) is 43.0 Å². The molecule has 1 saturated heterocycles. The average Bonchev–Trinajstić information content (AvgIpc) is 3.09. The number of rotatable bonds is 5. The van der Waals surface area contributed by atoms with Crippen LogP contribution in [0.4, 0.5) is 9.80 Å². The van der Waals surface area contributed by atoms with Crippen LogP contribution in [0.15, 0.2) is 36.5 Å². The van der Waals surface area contributed by atoms with Crippen molar-refractivity contribution in [2.45, 2.75) is 32.0 Å². The summed E-state index contributed by atoms with van der Waals surface area (Å²) in [6, 6.07) is 9.69. The molecule has 1 aliphatic rings. The lowest BCUT2D eigenvalue weighted by molar-refractivity contribution is 0.0791. The van der Waals surface area contributed by atoms with Gasteiger partial charge in [0.05, 0.1) is 6.10 Å². The number of urea groups is 1. The lowest BCUT2D eigenvalue weighted by Gasteiger charge is -2.30. The molecule has 2 amide bonds. The van der Waals surface area contributed by atoms with Crippen molar-refractivity contribution >= 4 is 22.6 Å². The summed E-state index contributed by atoms with van der Waals surface area (Å²) in [5.74, 6) is 0. The molecule has 1 aliphatic heterocycles. The molecule has 128 valence electrons. The number of amides is 2. The van der Waals surface area contributed by atoms with Gasteiger partial charge >= 0.3 is 6.03 Å². The number of likely N-dealkylation sites (tertiary alicyclic amines) is 1. The first kappa shape index (κ1) is 16.9. The van der Waals surface area contributed by atoms with Crippen molar-refractivity contribution in [3.05, 3.63) is 47.7 Å². The zero-order valence-electron chi connectivity index (χ0n) is 13.4. The van der Waals surface area contributed by atoms with Gasteiger partial charge in [0, 0.05) is 32.4 Å². The van der Waals surface area contributed by atoms with E-state index in [0.29, 0.717) is 6.54 Å². The smallest absolute Gasteiger partial charge is 0.320 e. The van der Waals surface area contributed by atoms with Gasteiger partial charge in [-0.3, -0.25) is 10.2 Å². The summed E-state index contributed by atoms with van der Waals surface area (Å²) in [7, 11) is 0. The van der Waals surface area contributed by atoms with Crippen molar-refractivity contribution in [3.8, 4) is 0 Å². The number of anilines is 1. The van der Waals surface area contributed by atoms with Gasteiger partial charge in [-0.15, -0.1) is 0 Å². The molecule has 1 fully saturated rings. The SMILES string of the molecule is O=C(NCc1ccccc1CN1CCC(O)CC1)Nc1ccns1. The Kier molecular flexibility index (Phi) is 5.79. The molecule has 3 rings (SSSR count). The van der Waals surface area contributed by atoms with E-state index in [2.05, 4.69) is 26.0 Å². The fourth-order valence-corrected chi connectivity index (χ4v) is 3.31.